The molecule has 1 heterocycles. The van der Waals surface area contributed by atoms with Gasteiger partial charge in [-0.15, -0.1) is 12.4 Å². The van der Waals surface area contributed by atoms with Crippen molar-refractivity contribution in [2.75, 3.05) is 19.6 Å². The van der Waals surface area contributed by atoms with E-state index in [2.05, 4.69) is 11.0 Å². The Morgan fingerprint density at radius 2 is 1.81 bits per heavy atom. The molecule has 0 unspecified atom stereocenters. The van der Waals surface area contributed by atoms with Crippen LogP contribution < -0.4 is 0 Å². The lowest BCUT2D eigenvalue weighted by atomic mass is 9.71. The zero-order chi connectivity index (χ0) is 21.7. The van der Waals surface area contributed by atoms with E-state index < -0.39 is 11.7 Å². The van der Waals surface area contributed by atoms with E-state index in [0.717, 1.165) is 24.6 Å². The van der Waals surface area contributed by atoms with Gasteiger partial charge in [0.15, 0.2) is 0 Å². The van der Waals surface area contributed by atoms with E-state index in [1.807, 2.05) is 42.5 Å². The second kappa shape index (κ2) is 11.3. The molecule has 0 aromatic heterocycles. The Hall–Kier alpha value is -1.90. The molecule has 3 atom stereocenters. The van der Waals surface area contributed by atoms with Gasteiger partial charge in [-0.2, -0.15) is 5.26 Å². The summed E-state index contributed by atoms with van der Waals surface area (Å²) in [4.78, 5) is 2.42. The number of hydrogen-bond acceptors (Lipinski definition) is 4. The maximum absolute atomic E-state index is 11.8. The highest BCUT2D eigenvalue weighted by Crippen LogP contribution is 2.44. The zero-order valence-electron chi connectivity index (χ0n) is 18.7. The van der Waals surface area contributed by atoms with Crippen molar-refractivity contribution in [3.05, 3.63) is 71.3 Å². The lowest BCUT2D eigenvalue weighted by Crippen LogP contribution is -2.52. The van der Waals surface area contributed by atoms with Crippen LogP contribution in [-0.2, 0) is 5.60 Å². The molecular weight excluding hydrogens is 420 g/mol. The Labute approximate surface area is 198 Å². The number of halogens is 1. The van der Waals surface area contributed by atoms with Crippen LogP contribution in [0.25, 0.3) is 0 Å². The Morgan fingerprint density at radius 3 is 2.53 bits per heavy atom. The second-order valence-corrected chi connectivity index (χ2v) is 9.42. The molecule has 1 aliphatic heterocycles. The third kappa shape index (κ3) is 5.53. The molecule has 0 amide bonds. The van der Waals surface area contributed by atoms with Gasteiger partial charge in [0, 0.05) is 19.0 Å². The summed E-state index contributed by atoms with van der Waals surface area (Å²) in [6, 6.07) is 19.1. The lowest BCUT2D eigenvalue weighted by molar-refractivity contribution is -0.123. The Balaban J connectivity index is 0.00000289. The number of nitriles is 1. The Kier molecular flexibility index (Phi) is 8.73. The number of benzene rings is 2. The number of nitrogens with zero attached hydrogens (tertiary/aromatic N) is 2. The standard InChI is InChI=1S/C27H34N2O2.ClH/c28-19-22-10-7-11-23(18-22)26(30)25-20-29(16-14-21-8-3-1-4-9-21)17-15-27(25,31)24-12-5-2-6-13-24;/h2,5-7,10-13,18,21,25-26,30-31H,1,3-4,8-9,14-17,20H2;1H/t25-,26-,27+;/m0./s1. The third-order valence-electron chi connectivity index (χ3n) is 7.47. The topological polar surface area (TPSA) is 67.5 Å². The number of piperidine rings is 1. The summed E-state index contributed by atoms with van der Waals surface area (Å²) in [5.41, 5.74) is 1.00. The van der Waals surface area contributed by atoms with Crippen LogP contribution >= 0.6 is 12.4 Å². The Bertz CT molecular complexity index is 894. The fourth-order valence-electron chi connectivity index (χ4n) is 5.55. The first-order valence-electron chi connectivity index (χ1n) is 11.8. The summed E-state index contributed by atoms with van der Waals surface area (Å²) in [6.45, 7) is 2.51. The zero-order valence-corrected chi connectivity index (χ0v) is 19.5. The molecule has 0 radical (unpaired) electrons. The van der Waals surface area contributed by atoms with Crippen LogP contribution in [0.1, 0.15) is 67.7 Å². The van der Waals surface area contributed by atoms with E-state index in [1.54, 1.807) is 12.1 Å². The van der Waals surface area contributed by atoms with Crippen molar-refractivity contribution in [2.45, 2.75) is 56.7 Å². The molecular formula is C27H35ClN2O2. The normalized spacial score (nSPS) is 25.5. The largest absolute Gasteiger partial charge is 0.388 e. The molecule has 4 rings (SSSR count). The molecule has 32 heavy (non-hydrogen) atoms. The van der Waals surface area contributed by atoms with Crippen molar-refractivity contribution in [1.82, 2.24) is 4.90 Å². The average Bonchev–Trinajstić information content (AvgIpc) is 2.84. The molecule has 0 bridgehead atoms. The predicted octanol–water partition coefficient (Wildman–Crippen LogP) is 5.19. The van der Waals surface area contributed by atoms with Crippen molar-refractivity contribution in [3.63, 3.8) is 0 Å². The lowest BCUT2D eigenvalue weighted by Gasteiger charge is -2.47. The van der Waals surface area contributed by atoms with E-state index >= 15 is 0 Å². The number of hydrogen-bond donors (Lipinski definition) is 2. The highest BCUT2D eigenvalue weighted by Gasteiger charge is 2.46. The van der Waals surface area contributed by atoms with E-state index in [0.29, 0.717) is 24.1 Å². The Morgan fingerprint density at radius 1 is 1.06 bits per heavy atom. The minimum absolute atomic E-state index is 0. The minimum Gasteiger partial charge on any atom is -0.388 e. The van der Waals surface area contributed by atoms with Crippen molar-refractivity contribution in [2.24, 2.45) is 11.8 Å². The van der Waals surface area contributed by atoms with Gasteiger partial charge >= 0.3 is 0 Å². The first-order chi connectivity index (χ1) is 15.1. The molecule has 4 nitrogen and oxygen atoms in total. The molecule has 1 saturated heterocycles. The molecule has 2 aromatic rings. The van der Waals surface area contributed by atoms with Crippen LogP contribution in [0.15, 0.2) is 54.6 Å². The van der Waals surface area contributed by atoms with Crippen LogP contribution in [0.2, 0.25) is 0 Å². The number of aliphatic hydroxyl groups excluding tert-OH is 1. The number of aliphatic hydroxyl groups is 2. The van der Waals surface area contributed by atoms with Gasteiger partial charge in [0.1, 0.15) is 0 Å². The van der Waals surface area contributed by atoms with E-state index in [1.165, 1.54) is 38.5 Å². The maximum atomic E-state index is 11.8. The summed E-state index contributed by atoms with van der Waals surface area (Å²) >= 11 is 0. The molecule has 2 fully saturated rings. The van der Waals surface area contributed by atoms with Crippen molar-refractivity contribution in [1.29, 1.82) is 5.26 Å². The number of rotatable bonds is 6. The summed E-state index contributed by atoms with van der Waals surface area (Å²) in [6.07, 6.45) is 7.74. The number of likely N-dealkylation sites (tertiary alicyclic amines) is 1. The maximum Gasteiger partial charge on any atom is 0.0991 e. The van der Waals surface area contributed by atoms with E-state index in [-0.39, 0.29) is 18.3 Å². The molecule has 0 spiro atoms. The van der Waals surface area contributed by atoms with Crippen molar-refractivity contribution in [3.8, 4) is 6.07 Å². The average molecular weight is 455 g/mol. The third-order valence-corrected chi connectivity index (χ3v) is 7.47. The van der Waals surface area contributed by atoms with Crippen LogP contribution in [0.4, 0.5) is 0 Å². The van der Waals surface area contributed by atoms with Gasteiger partial charge in [0.2, 0.25) is 0 Å². The molecule has 1 saturated carbocycles. The van der Waals surface area contributed by atoms with Gasteiger partial charge < -0.3 is 15.1 Å². The minimum atomic E-state index is -1.09. The molecule has 2 N–H and O–H groups in total. The van der Waals surface area contributed by atoms with Gasteiger partial charge in [-0.25, -0.2) is 0 Å². The van der Waals surface area contributed by atoms with Gasteiger partial charge in [0.05, 0.1) is 23.3 Å². The predicted molar refractivity (Wildman–Crippen MR) is 129 cm³/mol. The van der Waals surface area contributed by atoms with Gasteiger partial charge in [-0.1, -0.05) is 74.6 Å². The monoisotopic (exact) mass is 454 g/mol. The summed E-state index contributed by atoms with van der Waals surface area (Å²) in [5, 5.41) is 32.5. The van der Waals surface area contributed by atoms with Gasteiger partial charge in [0.25, 0.3) is 0 Å². The highest BCUT2D eigenvalue weighted by molar-refractivity contribution is 5.85. The quantitative estimate of drug-likeness (QED) is 0.630. The fraction of sp³-hybridized carbons (Fsp3) is 0.519. The molecule has 2 aromatic carbocycles. The van der Waals surface area contributed by atoms with Crippen LogP contribution in [0, 0.1) is 23.2 Å². The summed E-state index contributed by atoms with van der Waals surface area (Å²) in [7, 11) is 0. The van der Waals surface area contributed by atoms with Crippen LogP contribution in [0.5, 0.6) is 0 Å². The van der Waals surface area contributed by atoms with Crippen LogP contribution in [0.3, 0.4) is 0 Å². The fourth-order valence-corrected chi connectivity index (χ4v) is 5.55. The highest BCUT2D eigenvalue weighted by atomic mass is 35.5. The molecule has 1 aliphatic carbocycles. The molecule has 2 aliphatic rings. The second-order valence-electron chi connectivity index (χ2n) is 9.42. The first-order valence-corrected chi connectivity index (χ1v) is 11.8. The van der Waals surface area contributed by atoms with Crippen molar-refractivity contribution >= 4 is 12.4 Å². The van der Waals surface area contributed by atoms with Gasteiger partial charge in [-0.05, 0) is 48.6 Å². The molecule has 5 heteroatoms. The van der Waals surface area contributed by atoms with Crippen LogP contribution in [-0.4, -0.2) is 34.7 Å². The van der Waals surface area contributed by atoms with Crippen molar-refractivity contribution < 1.29 is 10.2 Å². The smallest absolute Gasteiger partial charge is 0.0991 e. The van der Waals surface area contributed by atoms with E-state index in [4.69, 9.17) is 0 Å². The van der Waals surface area contributed by atoms with Gasteiger partial charge in [-0.3, -0.25) is 0 Å². The summed E-state index contributed by atoms with van der Waals surface area (Å²) < 4.78 is 0. The summed E-state index contributed by atoms with van der Waals surface area (Å²) in [5.74, 6) is 0.461. The molecule has 172 valence electrons. The van der Waals surface area contributed by atoms with E-state index in [9.17, 15) is 15.5 Å². The SMILES string of the molecule is Cl.N#Cc1cccc([C@H](O)[C@@H]2CN(CCC3CCCCC3)CC[C@@]2(O)c2ccccc2)c1. The first kappa shape index (κ1) is 24.7.